The van der Waals surface area contributed by atoms with Crippen molar-refractivity contribution >= 4 is 23.1 Å². The largest absolute Gasteiger partial charge is 0.492 e. The first-order valence-electron chi connectivity index (χ1n) is 8.46. The summed E-state index contributed by atoms with van der Waals surface area (Å²) in [6, 6.07) is 19.8. The number of aromatic nitrogens is 1. The standard InChI is InChI=1S/C21H18N4O2/c1-2-27-19-6-4-3-5-18(19)25-21(26)16-9-12-20(23-14-16)24-17-10-7-15(13-22)8-11-17/h3-12,14H,2H2,1H3,(H,23,24)(H,25,26). The molecule has 0 bridgehead atoms. The average molecular weight is 358 g/mol. The van der Waals surface area contributed by atoms with E-state index in [1.165, 1.54) is 6.20 Å². The highest BCUT2D eigenvalue weighted by Crippen LogP contribution is 2.24. The summed E-state index contributed by atoms with van der Waals surface area (Å²) in [5, 5.41) is 14.8. The highest BCUT2D eigenvalue weighted by Gasteiger charge is 2.10. The van der Waals surface area contributed by atoms with Crippen LogP contribution in [-0.4, -0.2) is 17.5 Å². The fourth-order valence-corrected chi connectivity index (χ4v) is 2.42. The van der Waals surface area contributed by atoms with Crippen molar-refractivity contribution in [1.29, 1.82) is 5.26 Å². The van der Waals surface area contributed by atoms with Crippen LogP contribution in [0, 0.1) is 11.3 Å². The Morgan fingerprint density at radius 3 is 2.56 bits per heavy atom. The third-order valence-corrected chi connectivity index (χ3v) is 3.75. The summed E-state index contributed by atoms with van der Waals surface area (Å²) in [4.78, 5) is 16.7. The zero-order valence-corrected chi connectivity index (χ0v) is 14.8. The van der Waals surface area contributed by atoms with Crippen molar-refractivity contribution in [3.63, 3.8) is 0 Å². The molecule has 0 saturated heterocycles. The zero-order valence-electron chi connectivity index (χ0n) is 14.8. The van der Waals surface area contributed by atoms with Gasteiger partial charge in [0.15, 0.2) is 0 Å². The van der Waals surface area contributed by atoms with Gasteiger partial charge in [0.25, 0.3) is 5.91 Å². The van der Waals surface area contributed by atoms with Crippen LogP contribution in [0.5, 0.6) is 5.75 Å². The molecule has 1 aromatic heterocycles. The van der Waals surface area contributed by atoms with Crippen molar-refractivity contribution < 1.29 is 9.53 Å². The number of pyridine rings is 1. The number of anilines is 3. The molecule has 3 aromatic rings. The van der Waals surface area contributed by atoms with E-state index in [4.69, 9.17) is 10.00 Å². The molecule has 0 aliphatic carbocycles. The van der Waals surface area contributed by atoms with Gasteiger partial charge in [-0.1, -0.05) is 12.1 Å². The van der Waals surface area contributed by atoms with Gasteiger partial charge < -0.3 is 15.4 Å². The maximum absolute atomic E-state index is 12.5. The van der Waals surface area contributed by atoms with Crippen molar-refractivity contribution in [1.82, 2.24) is 4.98 Å². The molecule has 6 heteroatoms. The van der Waals surface area contributed by atoms with Gasteiger partial charge in [-0.3, -0.25) is 4.79 Å². The van der Waals surface area contributed by atoms with Crippen molar-refractivity contribution in [3.8, 4) is 11.8 Å². The van der Waals surface area contributed by atoms with E-state index in [0.717, 1.165) is 5.69 Å². The molecule has 0 aliphatic rings. The first kappa shape index (κ1) is 18.0. The number of hydrogen-bond acceptors (Lipinski definition) is 5. The molecule has 2 N–H and O–H groups in total. The number of nitrogens with zero attached hydrogens (tertiary/aromatic N) is 2. The van der Waals surface area contributed by atoms with E-state index < -0.39 is 0 Å². The quantitative estimate of drug-likeness (QED) is 0.684. The number of carbonyl (C=O) groups is 1. The monoisotopic (exact) mass is 358 g/mol. The first-order valence-corrected chi connectivity index (χ1v) is 8.46. The van der Waals surface area contributed by atoms with Gasteiger partial charge in [-0.05, 0) is 55.5 Å². The van der Waals surface area contributed by atoms with Crippen molar-refractivity contribution in [2.75, 3.05) is 17.2 Å². The second-order valence-corrected chi connectivity index (χ2v) is 5.63. The number of hydrogen-bond donors (Lipinski definition) is 2. The average Bonchev–Trinajstić information content (AvgIpc) is 2.71. The minimum absolute atomic E-state index is 0.264. The molecule has 1 amide bonds. The highest BCUT2D eigenvalue weighted by atomic mass is 16.5. The smallest absolute Gasteiger partial charge is 0.257 e. The molecule has 0 saturated carbocycles. The molecule has 134 valence electrons. The normalized spacial score (nSPS) is 9.93. The Hall–Kier alpha value is -3.85. The van der Waals surface area contributed by atoms with Crippen LogP contribution in [0.2, 0.25) is 0 Å². The predicted molar refractivity (Wildman–Crippen MR) is 104 cm³/mol. The molecule has 0 radical (unpaired) electrons. The number of benzene rings is 2. The topological polar surface area (TPSA) is 87.0 Å². The second kappa shape index (κ2) is 8.50. The van der Waals surface area contributed by atoms with Crippen LogP contribution in [0.25, 0.3) is 0 Å². The predicted octanol–water partition coefficient (Wildman–Crippen LogP) is 4.35. The summed E-state index contributed by atoms with van der Waals surface area (Å²) in [6.07, 6.45) is 1.50. The lowest BCUT2D eigenvalue weighted by atomic mass is 10.2. The number of rotatable bonds is 6. The van der Waals surface area contributed by atoms with E-state index in [-0.39, 0.29) is 5.91 Å². The number of nitriles is 1. The summed E-state index contributed by atoms with van der Waals surface area (Å²) >= 11 is 0. The fraction of sp³-hybridized carbons (Fsp3) is 0.0952. The van der Waals surface area contributed by atoms with E-state index in [1.807, 2.05) is 25.1 Å². The molecule has 3 rings (SSSR count). The lowest BCUT2D eigenvalue weighted by Gasteiger charge is -2.11. The van der Waals surface area contributed by atoms with E-state index >= 15 is 0 Å². The first-order chi connectivity index (χ1) is 13.2. The number of amides is 1. The van der Waals surface area contributed by atoms with Crippen molar-refractivity contribution in [2.45, 2.75) is 6.92 Å². The van der Waals surface area contributed by atoms with E-state index in [9.17, 15) is 4.79 Å². The number of para-hydroxylation sites is 2. The van der Waals surface area contributed by atoms with Gasteiger partial charge in [-0.2, -0.15) is 5.26 Å². The molecule has 2 aromatic carbocycles. The SMILES string of the molecule is CCOc1ccccc1NC(=O)c1ccc(Nc2ccc(C#N)cc2)nc1. The number of carbonyl (C=O) groups excluding carboxylic acids is 1. The van der Waals surface area contributed by atoms with Crippen LogP contribution < -0.4 is 15.4 Å². The number of nitrogens with one attached hydrogen (secondary N) is 2. The van der Waals surface area contributed by atoms with Crippen molar-refractivity contribution in [3.05, 3.63) is 78.0 Å². The summed E-state index contributed by atoms with van der Waals surface area (Å²) in [7, 11) is 0. The van der Waals surface area contributed by atoms with Crippen LogP contribution in [-0.2, 0) is 0 Å². The lowest BCUT2D eigenvalue weighted by molar-refractivity contribution is 0.102. The van der Waals surface area contributed by atoms with Crippen LogP contribution in [0.15, 0.2) is 66.9 Å². The summed E-state index contributed by atoms with van der Waals surface area (Å²) in [6.45, 7) is 2.41. The fourth-order valence-electron chi connectivity index (χ4n) is 2.42. The maximum Gasteiger partial charge on any atom is 0.257 e. The van der Waals surface area contributed by atoms with Crippen molar-refractivity contribution in [2.24, 2.45) is 0 Å². The van der Waals surface area contributed by atoms with Crippen LogP contribution in [0.4, 0.5) is 17.2 Å². The molecular weight excluding hydrogens is 340 g/mol. The molecular formula is C21H18N4O2. The third kappa shape index (κ3) is 4.61. The van der Waals surface area contributed by atoms with Gasteiger partial charge in [-0.25, -0.2) is 4.98 Å². The molecule has 0 unspecified atom stereocenters. The van der Waals surface area contributed by atoms with Gasteiger partial charge in [0.1, 0.15) is 11.6 Å². The van der Waals surface area contributed by atoms with Gasteiger partial charge in [-0.15, -0.1) is 0 Å². The van der Waals surface area contributed by atoms with Crippen LogP contribution in [0.3, 0.4) is 0 Å². The Labute approximate surface area is 157 Å². The Bertz CT molecular complexity index is 961. The minimum Gasteiger partial charge on any atom is -0.492 e. The summed E-state index contributed by atoms with van der Waals surface area (Å²) in [5.41, 5.74) is 2.45. The highest BCUT2D eigenvalue weighted by molar-refractivity contribution is 6.04. The lowest BCUT2D eigenvalue weighted by Crippen LogP contribution is -2.13. The zero-order chi connectivity index (χ0) is 19.1. The molecule has 0 atom stereocenters. The van der Waals surface area contributed by atoms with Gasteiger partial charge >= 0.3 is 0 Å². The Kier molecular flexibility index (Phi) is 5.65. The Morgan fingerprint density at radius 2 is 1.89 bits per heavy atom. The van der Waals surface area contributed by atoms with Gasteiger partial charge in [0.2, 0.25) is 0 Å². The van der Waals surface area contributed by atoms with Gasteiger partial charge in [0.05, 0.1) is 29.5 Å². The Morgan fingerprint density at radius 1 is 1.11 bits per heavy atom. The molecule has 0 spiro atoms. The summed E-state index contributed by atoms with van der Waals surface area (Å²) in [5.74, 6) is 0.964. The minimum atomic E-state index is -0.264. The maximum atomic E-state index is 12.5. The molecule has 0 aliphatic heterocycles. The molecule has 27 heavy (non-hydrogen) atoms. The molecule has 6 nitrogen and oxygen atoms in total. The van der Waals surface area contributed by atoms with E-state index in [2.05, 4.69) is 21.7 Å². The number of ether oxygens (including phenoxy) is 1. The molecule has 1 heterocycles. The van der Waals surface area contributed by atoms with Crippen LogP contribution in [0.1, 0.15) is 22.8 Å². The van der Waals surface area contributed by atoms with E-state index in [0.29, 0.717) is 35.0 Å². The molecule has 0 fully saturated rings. The third-order valence-electron chi connectivity index (χ3n) is 3.75. The summed E-state index contributed by atoms with van der Waals surface area (Å²) < 4.78 is 5.52. The van der Waals surface area contributed by atoms with Crippen LogP contribution >= 0.6 is 0 Å². The Balaban J connectivity index is 1.67. The van der Waals surface area contributed by atoms with Gasteiger partial charge in [0, 0.05) is 11.9 Å². The van der Waals surface area contributed by atoms with E-state index in [1.54, 1.807) is 42.5 Å². The second-order valence-electron chi connectivity index (χ2n) is 5.63.